The molecule has 0 radical (unpaired) electrons. The molecule has 1 heterocycles. The molecule has 14 heavy (non-hydrogen) atoms. The topological polar surface area (TPSA) is 38.8 Å². The van der Waals surface area contributed by atoms with Crippen LogP contribution in [-0.4, -0.2) is 49.3 Å². The standard InChI is InChI=1S/C10H19NO3/c1-8(2)14-10(12)9(3)11-4-6-13-7-5-11/h8-9H,4-7H2,1-3H3/t9-/m1/s1. The van der Waals surface area contributed by atoms with Crippen LogP contribution in [0, 0.1) is 0 Å². The first kappa shape index (κ1) is 11.5. The Balaban J connectivity index is 2.38. The largest absolute Gasteiger partial charge is 0.462 e. The van der Waals surface area contributed by atoms with Gasteiger partial charge in [0.15, 0.2) is 0 Å². The fraction of sp³-hybridized carbons (Fsp3) is 0.900. The van der Waals surface area contributed by atoms with E-state index in [0.717, 1.165) is 13.1 Å². The Labute approximate surface area is 85.2 Å². The predicted molar refractivity (Wildman–Crippen MR) is 53.1 cm³/mol. The summed E-state index contributed by atoms with van der Waals surface area (Å²) in [6.45, 7) is 8.66. The van der Waals surface area contributed by atoms with E-state index in [1.807, 2.05) is 20.8 Å². The van der Waals surface area contributed by atoms with Gasteiger partial charge >= 0.3 is 5.97 Å². The lowest BCUT2D eigenvalue weighted by molar-refractivity contribution is -0.154. The lowest BCUT2D eigenvalue weighted by Gasteiger charge is -2.31. The maximum atomic E-state index is 11.5. The Bertz CT molecular complexity index is 188. The Morgan fingerprint density at radius 1 is 1.29 bits per heavy atom. The van der Waals surface area contributed by atoms with Gasteiger partial charge in [-0.25, -0.2) is 0 Å². The molecule has 0 aromatic carbocycles. The Morgan fingerprint density at radius 2 is 1.86 bits per heavy atom. The Morgan fingerprint density at radius 3 is 2.36 bits per heavy atom. The summed E-state index contributed by atoms with van der Waals surface area (Å²) >= 11 is 0. The quantitative estimate of drug-likeness (QED) is 0.629. The average Bonchev–Trinajstić information content (AvgIpc) is 2.17. The van der Waals surface area contributed by atoms with Crippen molar-refractivity contribution in [1.82, 2.24) is 4.90 Å². The highest BCUT2D eigenvalue weighted by atomic mass is 16.5. The van der Waals surface area contributed by atoms with Gasteiger partial charge in [0.1, 0.15) is 6.04 Å². The smallest absolute Gasteiger partial charge is 0.323 e. The number of hydrogen-bond acceptors (Lipinski definition) is 4. The third-order valence-corrected chi connectivity index (χ3v) is 2.29. The fourth-order valence-corrected chi connectivity index (χ4v) is 1.44. The molecule has 1 rings (SSSR count). The molecule has 1 aliphatic heterocycles. The predicted octanol–water partition coefficient (Wildman–Crippen LogP) is 0.659. The second-order valence-corrected chi connectivity index (χ2v) is 3.81. The van der Waals surface area contributed by atoms with Crippen molar-refractivity contribution in [2.75, 3.05) is 26.3 Å². The minimum Gasteiger partial charge on any atom is -0.462 e. The van der Waals surface area contributed by atoms with Crippen LogP contribution in [0.15, 0.2) is 0 Å². The SMILES string of the molecule is CC(C)OC(=O)[C@@H](C)N1CCOCC1. The van der Waals surface area contributed by atoms with Crippen molar-refractivity contribution < 1.29 is 14.3 Å². The molecule has 1 aliphatic rings. The van der Waals surface area contributed by atoms with E-state index in [2.05, 4.69) is 4.90 Å². The van der Waals surface area contributed by atoms with Crippen LogP contribution in [-0.2, 0) is 14.3 Å². The molecule has 0 bridgehead atoms. The van der Waals surface area contributed by atoms with Gasteiger partial charge in [0.25, 0.3) is 0 Å². The monoisotopic (exact) mass is 201 g/mol. The van der Waals surface area contributed by atoms with Crippen molar-refractivity contribution in [3.8, 4) is 0 Å². The molecule has 4 heteroatoms. The highest BCUT2D eigenvalue weighted by molar-refractivity contribution is 5.75. The molecule has 1 atom stereocenters. The molecule has 0 aliphatic carbocycles. The van der Waals surface area contributed by atoms with Crippen LogP contribution in [0.25, 0.3) is 0 Å². The lowest BCUT2D eigenvalue weighted by atomic mass is 10.2. The second-order valence-electron chi connectivity index (χ2n) is 3.81. The van der Waals surface area contributed by atoms with Gasteiger partial charge < -0.3 is 9.47 Å². The van der Waals surface area contributed by atoms with Crippen LogP contribution in [0.5, 0.6) is 0 Å². The zero-order valence-electron chi connectivity index (χ0n) is 9.16. The van der Waals surface area contributed by atoms with E-state index < -0.39 is 0 Å². The lowest BCUT2D eigenvalue weighted by Crippen LogP contribution is -2.46. The van der Waals surface area contributed by atoms with Gasteiger partial charge in [0.05, 0.1) is 19.3 Å². The van der Waals surface area contributed by atoms with Crippen LogP contribution in [0.4, 0.5) is 0 Å². The van der Waals surface area contributed by atoms with Gasteiger partial charge in [-0.15, -0.1) is 0 Å². The van der Waals surface area contributed by atoms with Gasteiger partial charge in [-0.1, -0.05) is 0 Å². The van der Waals surface area contributed by atoms with Crippen molar-refractivity contribution in [3.05, 3.63) is 0 Å². The third kappa shape index (κ3) is 3.27. The van der Waals surface area contributed by atoms with E-state index in [9.17, 15) is 4.79 Å². The first-order chi connectivity index (χ1) is 6.61. The van der Waals surface area contributed by atoms with Gasteiger partial charge in [-0.2, -0.15) is 0 Å². The highest BCUT2D eigenvalue weighted by Gasteiger charge is 2.24. The van der Waals surface area contributed by atoms with Gasteiger partial charge in [-0.3, -0.25) is 9.69 Å². The van der Waals surface area contributed by atoms with Crippen LogP contribution in [0.2, 0.25) is 0 Å². The number of nitrogens with zero attached hydrogens (tertiary/aromatic N) is 1. The summed E-state index contributed by atoms with van der Waals surface area (Å²) in [6, 6.07) is -0.152. The highest BCUT2D eigenvalue weighted by Crippen LogP contribution is 2.06. The summed E-state index contributed by atoms with van der Waals surface area (Å²) in [5.41, 5.74) is 0. The van der Waals surface area contributed by atoms with Crippen LogP contribution < -0.4 is 0 Å². The molecule has 0 unspecified atom stereocenters. The molecule has 0 amide bonds. The van der Waals surface area contributed by atoms with E-state index in [1.165, 1.54) is 0 Å². The number of hydrogen-bond donors (Lipinski definition) is 0. The van der Waals surface area contributed by atoms with Gasteiger partial charge in [-0.05, 0) is 20.8 Å². The van der Waals surface area contributed by atoms with E-state index >= 15 is 0 Å². The first-order valence-electron chi connectivity index (χ1n) is 5.13. The minimum absolute atomic E-state index is 0.0361. The summed E-state index contributed by atoms with van der Waals surface area (Å²) in [6.07, 6.45) is -0.0361. The molecule has 0 spiro atoms. The van der Waals surface area contributed by atoms with E-state index in [1.54, 1.807) is 0 Å². The molecular formula is C10H19NO3. The average molecular weight is 201 g/mol. The minimum atomic E-state index is -0.152. The Kier molecular flexibility index (Phi) is 4.35. The maximum absolute atomic E-state index is 11.5. The number of ether oxygens (including phenoxy) is 2. The van der Waals surface area contributed by atoms with Crippen molar-refractivity contribution in [2.24, 2.45) is 0 Å². The number of morpholine rings is 1. The van der Waals surface area contributed by atoms with Crippen LogP contribution in [0.3, 0.4) is 0 Å². The third-order valence-electron chi connectivity index (χ3n) is 2.29. The molecule has 4 nitrogen and oxygen atoms in total. The summed E-state index contributed by atoms with van der Waals surface area (Å²) in [7, 11) is 0. The first-order valence-corrected chi connectivity index (χ1v) is 5.13. The van der Waals surface area contributed by atoms with Crippen molar-refractivity contribution in [3.63, 3.8) is 0 Å². The summed E-state index contributed by atoms with van der Waals surface area (Å²) in [5, 5.41) is 0. The van der Waals surface area contributed by atoms with E-state index in [4.69, 9.17) is 9.47 Å². The molecule has 0 aromatic heterocycles. The molecule has 0 saturated carbocycles. The van der Waals surface area contributed by atoms with Crippen LogP contribution in [0.1, 0.15) is 20.8 Å². The zero-order valence-corrected chi connectivity index (χ0v) is 9.16. The van der Waals surface area contributed by atoms with Gasteiger partial charge in [0, 0.05) is 13.1 Å². The molecule has 0 aromatic rings. The molecular weight excluding hydrogens is 182 g/mol. The zero-order chi connectivity index (χ0) is 10.6. The molecule has 1 saturated heterocycles. The van der Waals surface area contributed by atoms with Crippen molar-refractivity contribution in [2.45, 2.75) is 32.9 Å². The second kappa shape index (κ2) is 5.32. The van der Waals surface area contributed by atoms with Crippen molar-refractivity contribution in [1.29, 1.82) is 0 Å². The number of carbonyl (C=O) groups is 1. The van der Waals surface area contributed by atoms with E-state index in [0.29, 0.717) is 13.2 Å². The van der Waals surface area contributed by atoms with Crippen molar-refractivity contribution >= 4 is 5.97 Å². The van der Waals surface area contributed by atoms with Gasteiger partial charge in [0.2, 0.25) is 0 Å². The summed E-state index contributed by atoms with van der Waals surface area (Å²) in [5.74, 6) is -0.137. The Hall–Kier alpha value is -0.610. The molecule has 1 fully saturated rings. The summed E-state index contributed by atoms with van der Waals surface area (Å²) < 4.78 is 10.4. The number of esters is 1. The fourth-order valence-electron chi connectivity index (χ4n) is 1.44. The summed E-state index contributed by atoms with van der Waals surface area (Å²) in [4.78, 5) is 13.6. The van der Waals surface area contributed by atoms with Crippen LogP contribution >= 0.6 is 0 Å². The van der Waals surface area contributed by atoms with E-state index in [-0.39, 0.29) is 18.1 Å². The molecule has 82 valence electrons. The molecule has 0 N–H and O–H groups in total. The number of rotatable bonds is 3. The maximum Gasteiger partial charge on any atom is 0.323 e. The number of carbonyl (C=O) groups excluding carboxylic acids is 1. The normalized spacial score (nSPS) is 20.9.